The third kappa shape index (κ3) is 4.65. The molecule has 2 N–H and O–H groups in total. The molecule has 0 aliphatic rings. The summed E-state index contributed by atoms with van der Waals surface area (Å²) in [5.74, 6) is -2.67. The van der Waals surface area contributed by atoms with Gasteiger partial charge in [0, 0.05) is 0 Å². The van der Waals surface area contributed by atoms with Crippen molar-refractivity contribution < 1.29 is 29.3 Å². The van der Waals surface area contributed by atoms with Gasteiger partial charge in [-0.25, -0.2) is 9.59 Å². The van der Waals surface area contributed by atoms with E-state index in [-0.39, 0.29) is 18.8 Å². The van der Waals surface area contributed by atoms with E-state index in [1.807, 2.05) is 13.8 Å². The summed E-state index contributed by atoms with van der Waals surface area (Å²) < 4.78 is 9.94. The summed E-state index contributed by atoms with van der Waals surface area (Å²) in [7, 11) is 0. The Morgan fingerprint density at radius 1 is 0.955 bits per heavy atom. The fourth-order valence-electron chi connectivity index (χ4n) is 1.71. The molecule has 1 aromatic rings. The number of benzene rings is 1. The molecule has 0 spiro atoms. The van der Waals surface area contributed by atoms with Gasteiger partial charge < -0.3 is 19.7 Å². The van der Waals surface area contributed by atoms with Gasteiger partial charge in [0.05, 0.1) is 13.2 Å². The van der Waals surface area contributed by atoms with E-state index in [4.69, 9.17) is 9.47 Å². The van der Waals surface area contributed by atoms with E-state index >= 15 is 0 Å². The predicted molar refractivity (Wildman–Crippen MR) is 80.2 cm³/mol. The minimum atomic E-state index is -0.869. The predicted octanol–water partition coefficient (Wildman–Crippen LogP) is 3.01. The number of hydrogen-bond acceptors (Lipinski definition) is 6. The maximum Gasteiger partial charge on any atom is 0.345 e. The fourth-order valence-corrected chi connectivity index (χ4v) is 1.71. The standard InChI is InChI=1S/C16H22O6/c1-3-5-9-21-15(19)11-7-8-12(17)13(14(11)18)16(20)22-10-6-4-2/h7-8,17-18H,3-6,9-10H2,1-2H3. The molecule has 0 saturated carbocycles. The zero-order chi connectivity index (χ0) is 16.5. The first-order chi connectivity index (χ1) is 10.5. The van der Waals surface area contributed by atoms with Crippen molar-refractivity contribution >= 4 is 11.9 Å². The topological polar surface area (TPSA) is 93.1 Å². The first-order valence-corrected chi connectivity index (χ1v) is 7.42. The SMILES string of the molecule is CCCCOC(=O)c1ccc(O)c(C(=O)OCCCC)c1O. The Labute approximate surface area is 129 Å². The average molecular weight is 310 g/mol. The third-order valence-corrected chi connectivity index (χ3v) is 3.04. The number of phenols is 2. The summed E-state index contributed by atoms with van der Waals surface area (Å²) in [6.45, 7) is 4.30. The molecule has 1 rings (SSSR count). The number of unbranched alkanes of at least 4 members (excludes halogenated alkanes) is 2. The van der Waals surface area contributed by atoms with Gasteiger partial charge in [-0.1, -0.05) is 26.7 Å². The van der Waals surface area contributed by atoms with Crippen LogP contribution in [-0.2, 0) is 9.47 Å². The second-order valence-electron chi connectivity index (χ2n) is 4.83. The molecule has 22 heavy (non-hydrogen) atoms. The summed E-state index contributed by atoms with van der Waals surface area (Å²) in [6.07, 6.45) is 3.08. The molecule has 0 radical (unpaired) electrons. The highest BCUT2D eigenvalue weighted by atomic mass is 16.5. The lowest BCUT2D eigenvalue weighted by molar-refractivity contribution is 0.0489. The van der Waals surface area contributed by atoms with Crippen molar-refractivity contribution in [3.05, 3.63) is 23.3 Å². The van der Waals surface area contributed by atoms with Gasteiger partial charge in [-0.05, 0) is 25.0 Å². The van der Waals surface area contributed by atoms with Gasteiger partial charge in [0.2, 0.25) is 0 Å². The first kappa shape index (κ1) is 17.8. The highest BCUT2D eigenvalue weighted by Gasteiger charge is 2.24. The van der Waals surface area contributed by atoms with E-state index in [9.17, 15) is 19.8 Å². The zero-order valence-corrected chi connectivity index (χ0v) is 12.9. The second kappa shape index (κ2) is 8.92. The van der Waals surface area contributed by atoms with Gasteiger partial charge in [-0.15, -0.1) is 0 Å². The third-order valence-electron chi connectivity index (χ3n) is 3.04. The molecular formula is C16H22O6. The van der Waals surface area contributed by atoms with E-state index in [1.54, 1.807) is 0 Å². The molecule has 0 bridgehead atoms. The number of phenolic OH excluding ortho intramolecular Hbond substituents is 2. The number of carbonyl (C=O) groups excluding carboxylic acids is 2. The van der Waals surface area contributed by atoms with Crippen molar-refractivity contribution in [2.24, 2.45) is 0 Å². The minimum Gasteiger partial charge on any atom is -0.507 e. The molecule has 6 nitrogen and oxygen atoms in total. The number of esters is 2. The smallest absolute Gasteiger partial charge is 0.345 e. The zero-order valence-electron chi connectivity index (χ0n) is 12.9. The Balaban J connectivity index is 2.92. The van der Waals surface area contributed by atoms with E-state index in [0.717, 1.165) is 18.9 Å². The molecule has 0 heterocycles. The van der Waals surface area contributed by atoms with Crippen LogP contribution in [-0.4, -0.2) is 35.4 Å². The number of ether oxygens (including phenoxy) is 2. The van der Waals surface area contributed by atoms with Gasteiger partial charge in [0.15, 0.2) is 0 Å². The van der Waals surface area contributed by atoms with E-state index in [0.29, 0.717) is 12.8 Å². The number of rotatable bonds is 8. The maximum atomic E-state index is 11.9. The van der Waals surface area contributed by atoms with Crippen LogP contribution in [0, 0.1) is 0 Å². The lowest BCUT2D eigenvalue weighted by Gasteiger charge is -2.11. The highest BCUT2D eigenvalue weighted by molar-refractivity contribution is 6.01. The number of carbonyl (C=O) groups is 2. The Hall–Kier alpha value is -2.24. The minimum absolute atomic E-state index is 0.170. The molecule has 0 atom stereocenters. The van der Waals surface area contributed by atoms with Crippen LogP contribution in [0.25, 0.3) is 0 Å². The van der Waals surface area contributed by atoms with E-state index in [2.05, 4.69) is 0 Å². The van der Waals surface area contributed by atoms with Crippen molar-refractivity contribution in [3.63, 3.8) is 0 Å². The molecule has 0 aliphatic carbocycles. The van der Waals surface area contributed by atoms with Crippen molar-refractivity contribution in [1.29, 1.82) is 0 Å². The van der Waals surface area contributed by atoms with Crippen molar-refractivity contribution in [2.75, 3.05) is 13.2 Å². The molecule has 0 amide bonds. The van der Waals surface area contributed by atoms with Gasteiger partial charge in [0.1, 0.15) is 22.6 Å². The molecule has 122 valence electrons. The molecule has 0 aliphatic heterocycles. The first-order valence-electron chi connectivity index (χ1n) is 7.42. The van der Waals surface area contributed by atoms with E-state index in [1.165, 1.54) is 6.07 Å². The molecule has 1 aromatic carbocycles. The monoisotopic (exact) mass is 310 g/mol. The lowest BCUT2D eigenvalue weighted by Crippen LogP contribution is -2.11. The summed E-state index contributed by atoms with van der Waals surface area (Å²) in [5.41, 5.74) is -0.586. The number of hydrogen-bond donors (Lipinski definition) is 2. The summed E-state index contributed by atoms with van der Waals surface area (Å²) in [4.78, 5) is 23.8. The molecule has 6 heteroatoms. The summed E-state index contributed by atoms with van der Waals surface area (Å²) >= 11 is 0. The van der Waals surface area contributed by atoms with Crippen LogP contribution < -0.4 is 0 Å². The Kier molecular flexibility index (Phi) is 7.22. The Bertz CT molecular complexity index is 524. The van der Waals surface area contributed by atoms with Crippen LogP contribution in [0.5, 0.6) is 11.5 Å². The summed E-state index contributed by atoms with van der Waals surface area (Å²) in [5, 5.41) is 19.8. The normalized spacial score (nSPS) is 10.3. The van der Waals surface area contributed by atoms with Crippen LogP contribution in [0.2, 0.25) is 0 Å². The van der Waals surface area contributed by atoms with Crippen LogP contribution in [0.3, 0.4) is 0 Å². The van der Waals surface area contributed by atoms with Crippen LogP contribution in [0.15, 0.2) is 12.1 Å². The molecule has 0 aromatic heterocycles. The largest absolute Gasteiger partial charge is 0.507 e. The van der Waals surface area contributed by atoms with Gasteiger partial charge in [0.25, 0.3) is 0 Å². The van der Waals surface area contributed by atoms with Crippen LogP contribution >= 0.6 is 0 Å². The molecule has 0 fully saturated rings. The van der Waals surface area contributed by atoms with Crippen molar-refractivity contribution in [3.8, 4) is 11.5 Å². The fraction of sp³-hybridized carbons (Fsp3) is 0.500. The highest BCUT2D eigenvalue weighted by Crippen LogP contribution is 2.31. The molecular weight excluding hydrogens is 288 g/mol. The van der Waals surface area contributed by atoms with Gasteiger partial charge in [-0.2, -0.15) is 0 Å². The average Bonchev–Trinajstić information content (AvgIpc) is 2.47. The van der Waals surface area contributed by atoms with E-state index < -0.39 is 29.0 Å². The maximum absolute atomic E-state index is 11.9. The quantitative estimate of drug-likeness (QED) is 0.566. The second-order valence-corrected chi connectivity index (χ2v) is 4.83. The molecule has 0 unspecified atom stereocenters. The number of aromatic hydroxyl groups is 2. The van der Waals surface area contributed by atoms with Crippen LogP contribution in [0.4, 0.5) is 0 Å². The van der Waals surface area contributed by atoms with Crippen LogP contribution in [0.1, 0.15) is 60.2 Å². The van der Waals surface area contributed by atoms with Gasteiger partial charge >= 0.3 is 11.9 Å². The summed E-state index contributed by atoms with van der Waals surface area (Å²) in [6, 6.07) is 2.37. The van der Waals surface area contributed by atoms with Crippen molar-refractivity contribution in [2.45, 2.75) is 39.5 Å². The Morgan fingerprint density at radius 2 is 1.50 bits per heavy atom. The lowest BCUT2D eigenvalue weighted by atomic mass is 10.1. The van der Waals surface area contributed by atoms with Gasteiger partial charge in [-0.3, -0.25) is 0 Å². The Morgan fingerprint density at radius 3 is 2.05 bits per heavy atom. The molecule has 0 saturated heterocycles. The van der Waals surface area contributed by atoms with Crippen molar-refractivity contribution in [1.82, 2.24) is 0 Å².